The van der Waals surface area contributed by atoms with E-state index in [1.54, 1.807) is 41.4 Å². The van der Waals surface area contributed by atoms with Crippen LogP contribution >= 0.6 is 11.6 Å². The van der Waals surface area contributed by atoms with Crippen LogP contribution in [0.2, 0.25) is 5.02 Å². The molecular formula is C32H30ClN5O4. The third-order valence-electron chi connectivity index (χ3n) is 8.03. The summed E-state index contributed by atoms with van der Waals surface area (Å²) in [6.07, 6.45) is 6.35. The van der Waals surface area contributed by atoms with Gasteiger partial charge in [-0.05, 0) is 67.9 Å². The van der Waals surface area contributed by atoms with Crippen molar-refractivity contribution in [3.63, 3.8) is 0 Å². The van der Waals surface area contributed by atoms with E-state index in [0.717, 1.165) is 24.3 Å². The lowest BCUT2D eigenvalue weighted by Crippen LogP contribution is -2.42. The van der Waals surface area contributed by atoms with Gasteiger partial charge in [0, 0.05) is 43.0 Å². The van der Waals surface area contributed by atoms with Crippen LogP contribution in [-0.4, -0.2) is 41.2 Å². The first-order chi connectivity index (χ1) is 20.4. The van der Waals surface area contributed by atoms with Crippen molar-refractivity contribution in [1.29, 1.82) is 5.26 Å². The Labute approximate surface area is 249 Å². The van der Waals surface area contributed by atoms with Crippen molar-refractivity contribution in [2.45, 2.75) is 32.8 Å². The van der Waals surface area contributed by atoms with Gasteiger partial charge in [-0.25, -0.2) is 4.79 Å². The van der Waals surface area contributed by atoms with E-state index in [9.17, 15) is 10.1 Å². The number of anilines is 2. The molecule has 2 atom stereocenters. The number of nitrogens with zero attached hydrogens (tertiary/aromatic N) is 4. The number of carbonyl (C=O) groups is 1. The highest BCUT2D eigenvalue weighted by molar-refractivity contribution is 6.33. The van der Waals surface area contributed by atoms with Crippen LogP contribution in [0.3, 0.4) is 0 Å². The Morgan fingerprint density at radius 3 is 2.67 bits per heavy atom. The fourth-order valence-corrected chi connectivity index (χ4v) is 6.04. The first-order valence-electron chi connectivity index (χ1n) is 13.9. The molecule has 1 N–H and O–H groups in total. The second-order valence-corrected chi connectivity index (χ2v) is 11.2. The maximum absolute atomic E-state index is 13.1. The van der Waals surface area contributed by atoms with Crippen LogP contribution in [0.25, 0.3) is 10.9 Å². The standard InChI is InChI=1S/C32H30ClN5O4/c1-19-4-3-9-35-28(19)18-41-23-7-8-26(25(33)11-23)37-31-22(14-34)15-36-27-13-30(29(40-2)12-24(27)31)42-32(39)38-16-20-5-6-21(10-20)17-38/h3-4,7-9,11-13,15,20-21H,5-6,10,16-18H2,1-2H3,(H,36,37). The maximum atomic E-state index is 13.1. The molecule has 4 aromatic rings. The van der Waals surface area contributed by atoms with E-state index in [1.165, 1.54) is 32.6 Å². The summed E-state index contributed by atoms with van der Waals surface area (Å²) in [5, 5.41) is 14.2. The number of nitrogens with one attached hydrogen (secondary N) is 1. The number of pyridine rings is 2. The van der Waals surface area contributed by atoms with Gasteiger partial charge in [-0.3, -0.25) is 9.97 Å². The molecule has 0 radical (unpaired) electrons. The largest absolute Gasteiger partial charge is 0.493 e. The first-order valence-corrected chi connectivity index (χ1v) is 14.3. The summed E-state index contributed by atoms with van der Waals surface area (Å²) >= 11 is 6.64. The van der Waals surface area contributed by atoms with E-state index in [0.29, 0.717) is 62.8 Å². The molecule has 2 fully saturated rings. The Balaban J connectivity index is 1.25. The molecule has 0 spiro atoms. The highest BCUT2D eigenvalue weighted by Crippen LogP contribution is 2.40. The second-order valence-electron chi connectivity index (χ2n) is 10.8. The van der Waals surface area contributed by atoms with Crippen LogP contribution in [0, 0.1) is 30.1 Å². The third kappa shape index (κ3) is 5.63. The van der Waals surface area contributed by atoms with E-state index >= 15 is 0 Å². The summed E-state index contributed by atoms with van der Waals surface area (Å²) < 4.78 is 17.3. The summed E-state index contributed by atoms with van der Waals surface area (Å²) in [4.78, 5) is 23.7. The zero-order valence-electron chi connectivity index (χ0n) is 23.4. The highest BCUT2D eigenvalue weighted by atomic mass is 35.5. The number of benzene rings is 2. The maximum Gasteiger partial charge on any atom is 0.415 e. The average Bonchev–Trinajstić information content (AvgIpc) is 3.34. The van der Waals surface area contributed by atoms with Crippen molar-refractivity contribution in [3.8, 4) is 23.3 Å². The summed E-state index contributed by atoms with van der Waals surface area (Å²) in [7, 11) is 1.51. The minimum Gasteiger partial charge on any atom is -0.493 e. The zero-order chi connectivity index (χ0) is 29.2. The van der Waals surface area contributed by atoms with Crippen LogP contribution in [0.4, 0.5) is 16.2 Å². The van der Waals surface area contributed by atoms with Crippen molar-refractivity contribution in [3.05, 3.63) is 76.7 Å². The monoisotopic (exact) mass is 583 g/mol. The predicted molar refractivity (Wildman–Crippen MR) is 159 cm³/mol. The molecular weight excluding hydrogens is 554 g/mol. The number of piperidine rings is 1. The van der Waals surface area contributed by atoms with Gasteiger partial charge >= 0.3 is 6.09 Å². The Morgan fingerprint density at radius 1 is 1.14 bits per heavy atom. The number of likely N-dealkylation sites (tertiary alicyclic amines) is 1. The number of hydrogen-bond acceptors (Lipinski definition) is 8. The van der Waals surface area contributed by atoms with Gasteiger partial charge in [0.05, 0.1) is 40.3 Å². The number of methoxy groups -OCH3 is 1. The number of aromatic nitrogens is 2. The average molecular weight is 584 g/mol. The number of nitriles is 1. The summed E-state index contributed by atoms with van der Waals surface area (Å²) in [6, 6.07) is 14.7. The van der Waals surface area contributed by atoms with Crippen molar-refractivity contribution >= 4 is 40.0 Å². The van der Waals surface area contributed by atoms with Crippen molar-refractivity contribution in [2.75, 3.05) is 25.5 Å². The first kappa shape index (κ1) is 27.6. The van der Waals surface area contributed by atoms with Gasteiger partial charge in [-0.1, -0.05) is 17.7 Å². The summed E-state index contributed by atoms with van der Waals surface area (Å²) in [6.45, 7) is 3.74. The molecule has 10 heteroatoms. The van der Waals surface area contributed by atoms with Gasteiger partial charge in [-0.15, -0.1) is 0 Å². The molecule has 1 saturated carbocycles. The number of halogens is 1. The zero-order valence-corrected chi connectivity index (χ0v) is 24.1. The molecule has 42 heavy (non-hydrogen) atoms. The van der Waals surface area contributed by atoms with Crippen molar-refractivity contribution in [1.82, 2.24) is 14.9 Å². The van der Waals surface area contributed by atoms with E-state index in [-0.39, 0.29) is 11.8 Å². The van der Waals surface area contributed by atoms with Gasteiger partial charge in [0.15, 0.2) is 11.5 Å². The van der Waals surface area contributed by atoms with E-state index in [4.69, 9.17) is 25.8 Å². The lowest BCUT2D eigenvalue weighted by atomic mass is 9.99. The third-order valence-corrected chi connectivity index (χ3v) is 8.34. The van der Waals surface area contributed by atoms with Gasteiger partial charge in [0.2, 0.25) is 0 Å². The lowest BCUT2D eigenvalue weighted by molar-refractivity contribution is 0.122. The number of amides is 1. The minimum atomic E-state index is -0.386. The van der Waals surface area contributed by atoms with E-state index in [1.807, 2.05) is 19.1 Å². The molecule has 2 bridgehead atoms. The molecule has 2 aromatic carbocycles. The van der Waals surface area contributed by atoms with Crippen molar-refractivity contribution in [2.24, 2.45) is 11.8 Å². The van der Waals surface area contributed by atoms with Gasteiger partial charge in [0.25, 0.3) is 0 Å². The number of carbonyl (C=O) groups excluding carboxylic acids is 1. The van der Waals surface area contributed by atoms with Crippen molar-refractivity contribution < 1.29 is 19.0 Å². The molecule has 2 aromatic heterocycles. The van der Waals surface area contributed by atoms with Gasteiger partial charge < -0.3 is 24.4 Å². The van der Waals surface area contributed by atoms with Crippen LogP contribution in [0.15, 0.2) is 54.9 Å². The fourth-order valence-electron chi connectivity index (χ4n) is 5.82. The van der Waals surface area contributed by atoms with Crippen LogP contribution < -0.4 is 19.5 Å². The number of hydrogen-bond donors (Lipinski definition) is 1. The molecule has 214 valence electrons. The smallest absolute Gasteiger partial charge is 0.415 e. The van der Waals surface area contributed by atoms with Gasteiger partial charge in [-0.2, -0.15) is 5.26 Å². The quantitative estimate of drug-likeness (QED) is 0.247. The molecule has 3 heterocycles. The van der Waals surface area contributed by atoms with E-state index in [2.05, 4.69) is 21.4 Å². The SMILES string of the molecule is COc1cc2c(Nc3ccc(OCc4ncccc4C)cc3Cl)c(C#N)cnc2cc1OC(=O)N1CC2CCC(C2)C1. The number of rotatable bonds is 7. The molecule has 6 rings (SSSR count). The van der Waals surface area contributed by atoms with Gasteiger partial charge in [0.1, 0.15) is 18.4 Å². The minimum absolute atomic E-state index is 0.277. The lowest BCUT2D eigenvalue weighted by Gasteiger charge is -2.31. The fraction of sp³-hybridized carbons (Fsp3) is 0.312. The molecule has 1 aliphatic heterocycles. The molecule has 1 saturated heterocycles. The second kappa shape index (κ2) is 11.7. The Kier molecular flexibility index (Phi) is 7.72. The molecule has 1 amide bonds. The Hall–Kier alpha value is -4.55. The Bertz CT molecular complexity index is 1690. The molecule has 9 nitrogen and oxygen atoms in total. The van der Waals surface area contributed by atoms with Crippen LogP contribution in [0.1, 0.15) is 36.1 Å². The van der Waals surface area contributed by atoms with E-state index < -0.39 is 0 Å². The van der Waals surface area contributed by atoms with Crippen LogP contribution in [0.5, 0.6) is 17.2 Å². The summed E-state index contributed by atoms with van der Waals surface area (Å²) in [5.41, 5.74) is 3.82. The van der Waals surface area contributed by atoms with Crippen LogP contribution in [-0.2, 0) is 6.61 Å². The summed E-state index contributed by atoms with van der Waals surface area (Å²) in [5.74, 6) is 2.32. The molecule has 1 aliphatic carbocycles. The topological polar surface area (TPSA) is 110 Å². The normalized spacial score (nSPS) is 17.5. The highest BCUT2D eigenvalue weighted by Gasteiger charge is 2.36. The Morgan fingerprint density at radius 2 is 1.95 bits per heavy atom. The number of aryl methyl sites for hydroxylation is 1. The number of ether oxygens (including phenoxy) is 3. The number of fused-ring (bicyclic) bond motifs is 3. The molecule has 2 aliphatic rings. The predicted octanol–water partition coefficient (Wildman–Crippen LogP) is 7.03. The molecule has 2 unspecified atom stereocenters.